The third-order valence-corrected chi connectivity index (χ3v) is 3.48. The number of rotatable bonds is 4. The van der Waals surface area contributed by atoms with Gasteiger partial charge in [0, 0.05) is 5.69 Å². The maximum atomic E-state index is 12.0. The fourth-order valence-electron chi connectivity index (χ4n) is 1.39. The van der Waals surface area contributed by atoms with Crippen molar-refractivity contribution in [3.05, 3.63) is 28.2 Å². The fourth-order valence-corrected chi connectivity index (χ4v) is 1.84. The van der Waals surface area contributed by atoms with E-state index in [1.165, 1.54) is 0 Å². The van der Waals surface area contributed by atoms with E-state index in [0.717, 1.165) is 0 Å². The highest BCUT2D eigenvalue weighted by Gasteiger charge is 2.18. The van der Waals surface area contributed by atoms with E-state index in [2.05, 4.69) is 21.2 Å². The van der Waals surface area contributed by atoms with E-state index in [1.54, 1.807) is 18.2 Å². The van der Waals surface area contributed by atoms with E-state index in [-0.39, 0.29) is 24.5 Å². The van der Waals surface area contributed by atoms with Crippen LogP contribution >= 0.6 is 15.9 Å². The fraction of sp³-hybridized carbons (Fsp3) is 0.417. The van der Waals surface area contributed by atoms with Crippen LogP contribution in [0.2, 0.25) is 0 Å². The van der Waals surface area contributed by atoms with Crippen LogP contribution in [0.5, 0.6) is 0 Å². The Morgan fingerprint density at radius 2 is 2.18 bits per heavy atom. The van der Waals surface area contributed by atoms with Gasteiger partial charge in [0.2, 0.25) is 0 Å². The zero-order valence-corrected chi connectivity index (χ0v) is 11.5. The molecule has 1 aromatic carbocycles. The SMILES string of the molecule is CC(C)[C@@H](CO)NC(=O)c1cccc(N)c1Br. The van der Waals surface area contributed by atoms with E-state index in [9.17, 15) is 4.79 Å². The average molecular weight is 301 g/mol. The van der Waals surface area contributed by atoms with Crippen LogP contribution in [-0.4, -0.2) is 23.7 Å². The molecule has 5 heteroatoms. The van der Waals surface area contributed by atoms with Crippen molar-refractivity contribution in [2.75, 3.05) is 12.3 Å². The molecule has 17 heavy (non-hydrogen) atoms. The highest BCUT2D eigenvalue weighted by molar-refractivity contribution is 9.10. The van der Waals surface area contributed by atoms with Gasteiger partial charge >= 0.3 is 0 Å². The summed E-state index contributed by atoms with van der Waals surface area (Å²) in [6.45, 7) is 3.80. The first-order valence-corrected chi connectivity index (χ1v) is 6.22. The minimum atomic E-state index is -0.254. The number of aliphatic hydroxyl groups excluding tert-OH is 1. The lowest BCUT2D eigenvalue weighted by Gasteiger charge is -2.20. The van der Waals surface area contributed by atoms with Gasteiger partial charge < -0.3 is 16.2 Å². The summed E-state index contributed by atoms with van der Waals surface area (Å²) in [5, 5.41) is 11.9. The van der Waals surface area contributed by atoms with Crippen molar-refractivity contribution in [2.24, 2.45) is 5.92 Å². The highest BCUT2D eigenvalue weighted by atomic mass is 79.9. The molecule has 0 aliphatic heterocycles. The van der Waals surface area contributed by atoms with Gasteiger partial charge in [-0.25, -0.2) is 0 Å². The first-order valence-electron chi connectivity index (χ1n) is 5.43. The van der Waals surface area contributed by atoms with Crippen LogP contribution in [0.4, 0.5) is 5.69 Å². The number of aliphatic hydroxyl groups is 1. The lowest BCUT2D eigenvalue weighted by Crippen LogP contribution is -2.41. The first-order chi connectivity index (χ1) is 7.97. The molecule has 1 aromatic rings. The molecule has 0 aliphatic rings. The van der Waals surface area contributed by atoms with Crippen molar-refractivity contribution < 1.29 is 9.90 Å². The minimum Gasteiger partial charge on any atom is -0.398 e. The van der Waals surface area contributed by atoms with E-state index >= 15 is 0 Å². The molecule has 94 valence electrons. The molecule has 0 aliphatic carbocycles. The summed E-state index contributed by atoms with van der Waals surface area (Å²) < 4.78 is 0.581. The molecule has 0 radical (unpaired) electrons. The zero-order valence-electron chi connectivity index (χ0n) is 9.90. The molecule has 4 nitrogen and oxygen atoms in total. The van der Waals surface area contributed by atoms with Crippen LogP contribution in [0.1, 0.15) is 24.2 Å². The van der Waals surface area contributed by atoms with Crippen LogP contribution in [0.15, 0.2) is 22.7 Å². The highest BCUT2D eigenvalue weighted by Crippen LogP contribution is 2.23. The molecular weight excluding hydrogens is 284 g/mol. The summed E-state index contributed by atoms with van der Waals surface area (Å²) in [5.41, 5.74) is 6.70. The molecule has 1 atom stereocenters. The Labute approximate surface area is 109 Å². The van der Waals surface area contributed by atoms with Crippen molar-refractivity contribution in [1.82, 2.24) is 5.32 Å². The molecule has 0 spiro atoms. The van der Waals surface area contributed by atoms with Gasteiger partial charge in [-0.15, -0.1) is 0 Å². The summed E-state index contributed by atoms with van der Waals surface area (Å²) in [5.74, 6) is -0.0688. The number of nitrogens with two attached hydrogens (primary N) is 1. The summed E-state index contributed by atoms with van der Waals surface area (Å²) in [6.07, 6.45) is 0. The molecule has 1 amide bonds. The Bertz CT molecular complexity index is 407. The maximum Gasteiger partial charge on any atom is 0.252 e. The number of hydrogen-bond acceptors (Lipinski definition) is 3. The Hall–Kier alpha value is -1.07. The van der Waals surface area contributed by atoms with E-state index < -0.39 is 0 Å². The second kappa shape index (κ2) is 6.02. The Kier molecular flexibility index (Phi) is 4.96. The first kappa shape index (κ1) is 14.0. The average Bonchev–Trinajstić information content (AvgIpc) is 2.28. The van der Waals surface area contributed by atoms with Gasteiger partial charge in [-0.2, -0.15) is 0 Å². The number of carbonyl (C=O) groups is 1. The van der Waals surface area contributed by atoms with E-state index in [4.69, 9.17) is 10.8 Å². The topological polar surface area (TPSA) is 75.3 Å². The van der Waals surface area contributed by atoms with E-state index in [1.807, 2.05) is 13.8 Å². The molecule has 0 saturated carbocycles. The molecule has 0 saturated heterocycles. The molecule has 1 rings (SSSR count). The molecule has 0 aromatic heterocycles. The molecule has 0 fully saturated rings. The van der Waals surface area contributed by atoms with Crippen LogP contribution in [0.3, 0.4) is 0 Å². The molecule has 0 bridgehead atoms. The third-order valence-electron chi connectivity index (χ3n) is 2.59. The normalized spacial score (nSPS) is 12.5. The van der Waals surface area contributed by atoms with Crippen LogP contribution in [0, 0.1) is 5.92 Å². The zero-order chi connectivity index (χ0) is 13.0. The minimum absolute atomic E-state index is 0.0800. The second-order valence-electron chi connectivity index (χ2n) is 4.22. The molecule has 0 unspecified atom stereocenters. The van der Waals surface area contributed by atoms with Crippen molar-refractivity contribution in [3.8, 4) is 0 Å². The Morgan fingerprint density at radius 1 is 1.53 bits per heavy atom. The summed E-state index contributed by atoms with van der Waals surface area (Å²) in [4.78, 5) is 12.0. The predicted molar refractivity (Wildman–Crippen MR) is 71.7 cm³/mol. The largest absolute Gasteiger partial charge is 0.398 e. The summed E-state index contributed by atoms with van der Waals surface area (Å²) in [7, 11) is 0. The lowest BCUT2D eigenvalue weighted by molar-refractivity contribution is 0.0896. The second-order valence-corrected chi connectivity index (χ2v) is 5.01. The number of nitrogens with one attached hydrogen (secondary N) is 1. The number of halogens is 1. The molecule has 0 heterocycles. The van der Waals surface area contributed by atoms with Gasteiger partial charge in [0.15, 0.2) is 0 Å². The number of carbonyl (C=O) groups excluding carboxylic acids is 1. The molecule has 4 N–H and O–H groups in total. The van der Waals surface area contributed by atoms with Crippen molar-refractivity contribution in [1.29, 1.82) is 0 Å². The smallest absolute Gasteiger partial charge is 0.252 e. The number of benzene rings is 1. The predicted octanol–water partition coefficient (Wildman–Crippen LogP) is 1.78. The van der Waals surface area contributed by atoms with E-state index in [0.29, 0.717) is 15.7 Å². The van der Waals surface area contributed by atoms with Gasteiger partial charge in [0.25, 0.3) is 5.91 Å². The third kappa shape index (κ3) is 3.44. The van der Waals surface area contributed by atoms with Gasteiger partial charge in [-0.3, -0.25) is 4.79 Å². The lowest BCUT2D eigenvalue weighted by atomic mass is 10.0. The number of anilines is 1. The standard InChI is InChI=1S/C12H17BrN2O2/c1-7(2)10(6-16)15-12(17)8-4-3-5-9(14)11(8)13/h3-5,7,10,16H,6,14H2,1-2H3,(H,15,17)/t10-/m1/s1. The van der Waals surface area contributed by atoms with Crippen LogP contribution in [-0.2, 0) is 0 Å². The molecular formula is C12H17BrN2O2. The van der Waals surface area contributed by atoms with Gasteiger partial charge in [0.05, 0.1) is 22.7 Å². The Morgan fingerprint density at radius 3 is 2.71 bits per heavy atom. The maximum absolute atomic E-state index is 12.0. The van der Waals surface area contributed by atoms with Crippen molar-refractivity contribution in [2.45, 2.75) is 19.9 Å². The van der Waals surface area contributed by atoms with Gasteiger partial charge in [-0.1, -0.05) is 19.9 Å². The monoisotopic (exact) mass is 300 g/mol. The van der Waals surface area contributed by atoms with Crippen LogP contribution < -0.4 is 11.1 Å². The van der Waals surface area contributed by atoms with Crippen LogP contribution in [0.25, 0.3) is 0 Å². The van der Waals surface area contributed by atoms with Gasteiger partial charge in [0.1, 0.15) is 0 Å². The number of amides is 1. The Balaban J connectivity index is 2.86. The summed E-state index contributed by atoms with van der Waals surface area (Å²) in [6, 6.07) is 4.87. The summed E-state index contributed by atoms with van der Waals surface area (Å²) >= 11 is 3.28. The number of hydrogen-bond donors (Lipinski definition) is 3. The number of nitrogen functional groups attached to an aromatic ring is 1. The van der Waals surface area contributed by atoms with Crippen molar-refractivity contribution >= 4 is 27.5 Å². The van der Waals surface area contributed by atoms with Gasteiger partial charge in [-0.05, 0) is 34.0 Å². The van der Waals surface area contributed by atoms with Crippen molar-refractivity contribution in [3.63, 3.8) is 0 Å². The quantitative estimate of drug-likeness (QED) is 0.742.